The highest BCUT2D eigenvalue weighted by molar-refractivity contribution is 9.11. The summed E-state index contributed by atoms with van der Waals surface area (Å²) in [7, 11) is 0.134. The van der Waals surface area contributed by atoms with Crippen LogP contribution < -0.4 is 5.32 Å². The number of thiophene rings is 1. The van der Waals surface area contributed by atoms with E-state index >= 15 is 0 Å². The zero-order valence-electron chi connectivity index (χ0n) is 10.2. The van der Waals surface area contributed by atoms with Crippen LogP contribution in [-0.4, -0.2) is 39.9 Å². The molecule has 0 fully saturated rings. The van der Waals surface area contributed by atoms with Crippen LogP contribution in [0.2, 0.25) is 0 Å². The van der Waals surface area contributed by atoms with Gasteiger partial charge in [-0.25, -0.2) is 12.7 Å². The van der Waals surface area contributed by atoms with Crippen LogP contribution in [0.3, 0.4) is 0 Å². The minimum Gasteiger partial charge on any atom is -0.320 e. The number of rotatable bonds is 6. The first kappa shape index (κ1) is 15.1. The van der Waals surface area contributed by atoms with Gasteiger partial charge >= 0.3 is 0 Å². The first-order valence-electron chi connectivity index (χ1n) is 5.26. The second-order valence-corrected chi connectivity index (χ2v) is 8.40. The largest absolute Gasteiger partial charge is 0.320 e. The van der Waals surface area contributed by atoms with Gasteiger partial charge in [0.1, 0.15) is 0 Å². The van der Waals surface area contributed by atoms with Gasteiger partial charge in [0.25, 0.3) is 0 Å². The molecule has 0 aromatic carbocycles. The summed E-state index contributed by atoms with van der Waals surface area (Å²) < 4.78 is 26.8. The Hall–Kier alpha value is 0.0500. The number of nitrogens with one attached hydrogen (secondary N) is 1. The quantitative estimate of drug-likeness (QED) is 0.806. The van der Waals surface area contributed by atoms with Crippen LogP contribution in [0.1, 0.15) is 11.3 Å². The van der Waals surface area contributed by atoms with Crippen molar-refractivity contribution in [1.29, 1.82) is 0 Å². The molecule has 1 aromatic rings. The lowest BCUT2D eigenvalue weighted by Gasteiger charge is -2.16. The average molecular weight is 341 g/mol. The van der Waals surface area contributed by atoms with Gasteiger partial charge in [-0.3, -0.25) is 0 Å². The first-order valence-corrected chi connectivity index (χ1v) is 8.31. The zero-order chi connectivity index (χ0) is 13.1. The minimum absolute atomic E-state index is 0.404. The second kappa shape index (κ2) is 6.29. The molecule has 0 aliphatic carbocycles. The predicted molar refractivity (Wildman–Crippen MR) is 75.1 cm³/mol. The number of nitrogens with zero attached hydrogens (tertiary/aromatic N) is 1. The third-order valence-corrected chi connectivity index (χ3v) is 6.10. The maximum Gasteiger partial charge on any atom is 0.243 e. The fourth-order valence-electron chi connectivity index (χ4n) is 1.45. The Morgan fingerprint density at radius 1 is 1.53 bits per heavy atom. The van der Waals surface area contributed by atoms with E-state index in [1.165, 1.54) is 15.6 Å². The van der Waals surface area contributed by atoms with Crippen molar-refractivity contribution < 1.29 is 8.42 Å². The molecular weight excluding hydrogens is 324 g/mol. The maximum absolute atomic E-state index is 12.3. The van der Waals surface area contributed by atoms with Gasteiger partial charge in [0.2, 0.25) is 10.0 Å². The molecule has 0 aliphatic rings. The highest BCUT2D eigenvalue weighted by Crippen LogP contribution is 2.31. The number of hydrogen-bond acceptors (Lipinski definition) is 4. The summed E-state index contributed by atoms with van der Waals surface area (Å²) in [5.41, 5.74) is 0. The van der Waals surface area contributed by atoms with Crippen molar-refractivity contribution >= 4 is 37.3 Å². The number of aryl methyl sites for hydroxylation is 1. The molecule has 1 rings (SSSR count). The Morgan fingerprint density at radius 2 is 2.18 bits per heavy atom. The fraction of sp³-hybridized carbons (Fsp3) is 0.600. The lowest BCUT2D eigenvalue weighted by molar-refractivity contribution is 0.458. The van der Waals surface area contributed by atoms with E-state index in [1.54, 1.807) is 13.1 Å². The van der Waals surface area contributed by atoms with Gasteiger partial charge in [0.15, 0.2) is 0 Å². The van der Waals surface area contributed by atoms with E-state index in [0.717, 1.165) is 21.6 Å². The van der Waals surface area contributed by atoms with Gasteiger partial charge < -0.3 is 5.32 Å². The Bertz CT molecular complexity index is 471. The highest BCUT2D eigenvalue weighted by atomic mass is 79.9. The van der Waals surface area contributed by atoms with Crippen LogP contribution >= 0.6 is 27.3 Å². The molecule has 4 nitrogen and oxygen atoms in total. The molecular formula is C10H17BrN2O2S2. The van der Waals surface area contributed by atoms with Crippen molar-refractivity contribution in [2.45, 2.75) is 18.2 Å². The number of sulfonamides is 1. The topological polar surface area (TPSA) is 49.4 Å². The molecule has 0 spiro atoms. The van der Waals surface area contributed by atoms with E-state index in [-0.39, 0.29) is 0 Å². The van der Waals surface area contributed by atoms with Crippen LogP contribution in [0.25, 0.3) is 0 Å². The molecule has 0 radical (unpaired) electrons. The SMILES string of the molecule is CNCCCN(C)S(=O)(=O)c1cc(Br)sc1C. The van der Waals surface area contributed by atoms with E-state index in [9.17, 15) is 8.42 Å². The van der Waals surface area contributed by atoms with Crippen molar-refractivity contribution in [3.63, 3.8) is 0 Å². The van der Waals surface area contributed by atoms with Crippen molar-refractivity contribution in [2.75, 3.05) is 27.2 Å². The van der Waals surface area contributed by atoms with Crippen molar-refractivity contribution in [2.24, 2.45) is 0 Å². The molecule has 0 unspecified atom stereocenters. The summed E-state index contributed by atoms with van der Waals surface area (Å²) in [6.45, 7) is 3.16. The molecule has 0 amide bonds. The Morgan fingerprint density at radius 3 is 2.65 bits per heavy atom. The maximum atomic E-state index is 12.3. The molecule has 1 N–H and O–H groups in total. The standard InChI is InChI=1S/C10H17BrN2O2S2/c1-8-9(7-10(11)16-8)17(14,15)13(3)6-4-5-12-2/h7,12H,4-6H2,1-3H3. The number of halogens is 1. The Kier molecular flexibility index (Phi) is 5.59. The molecule has 1 aromatic heterocycles. The normalized spacial score (nSPS) is 12.3. The summed E-state index contributed by atoms with van der Waals surface area (Å²) in [5.74, 6) is 0. The summed E-state index contributed by atoms with van der Waals surface area (Å²) in [4.78, 5) is 1.22. The zero-order valence-corrected chi connectivity index (χ0v) is 13.4. The summed E-state index contributed by atoms with van der Waals surface area (Å²) >= 11 is 4.75. The monoisotopic (exact) mass is 340 g/mol. The molecule has 1 heterocycles. The Balaban J connectivity index is 2.84. The predicted octanol–water partition coefficient (Wildman–Crippen LogP) is 2.05. The van der Waals surface area contributed by atoms with E-state index in [2.05, 4.69) is 21.2 Å². The van der Waals surface area contributed by atoms with Gasteiger partial charge in [-0.15, -0.1) is 11.3 Å². The van der Waals surface area contributed by atoms with Gasteiger partial charge in [0, 0.05) is 18.5 Å². The molecule has 0 bridgehead atoms. The number of hydrogen-bond donors (Lipinski definition) is 1. The fourth-order valence-corrected chi connectivity index (χ4v) is 5.04. The van der Waals surface area contributed by atoms with Crippen molar-refractivity contribution in [1.82, 2.24) is 9.62 Å². The van der Waals surface area contributed by atoms with Crippen LogP contribution in [0.4, 0.5) is 0 Å². The summed E-state index contributed by atoms with van der Waals surface area (Å²) in [6, 6.07) is 1.67. The van der Waals surface area contributed by atoms with Gasteiger partial charge in [0.05, 0.1) is 8.68 Å². The van der Waals surface area contributed by atoms with Gasteiger partial charge in [-0.1, -0.05) is 0 Å². The lowest BCUT2D eigenvalue weighted by atomic mass is 10.4. The van der Waals surface area contributed by atoms with Crippen LogP contribution in [-0.2, 0) is 10.0 Å². The molecule has 0 saturated heterocycles. The molecule has 0 atom stereocenters. The van der Waals surface area contributed by atoms with Gasteiger partial charge in [-0.2, -0.15) is 0 Å². The molecule has 98 valence electrons. The smallest absolute Gasteiger partial charge is 0.243 e. The first-order chi connectivity index (χ1) is 7.89. The van der Waals surface area contributed by atoms with Gasteiger partial charge in [-0.05, 0) is 48.9 Å². The van der Waals surface area contributed by atoms with Crippen LogP contribution in [0, 0.1) is 6.92 Å². The van der Waals surface area contributed by atoms with Crippen molar-refractivity contribution in [3.8, 4) is 0 Å². The van der Waals surface area contributed by atoms with E-state index in [0.29, 0.717) is 11.4 Å². The van der Waals surface area contributed by atoms with Crippen LogP contribution in [0.5, 0.6) is 0 Å². The lowest BCUT2D eigenvalue weighted by Crippen LogP contribution is -2.29. The third-order valence-electron chi connectivity index (χ3n) is 2.43. The van der Waals surface area contributed by atoms with Crippen LogP contribution in [0.15, 0.2) is 14.7 Å². The van der Waals surface area contributed by atoms with E-state index in [1.807, 2.05) is 14.0 Å². The van der Waals surface area contributed by atoms with E-state index < -0.39 is 10.0 Å². The summed E-state index contributed by atoms with van der Waals surface area (Å²) in [5, 5.41) is 3.00. The van der Waals surface area contributed by atoms with E-state index in [4.69, 9.17) is 0 Å². The highest BCUT2D eigenvalue weighted by Gasteiger charge is 2.24. The van der Waals surface area contributed by atoms with Crippen molar-refractivity contribution in [3.05, 3.63) is 14.7 Å². The third kappa shape index (κ3) is 3.75. The second-order valence-electron chi connectivity index (χ2n) is 3.75. The minimum atomic E-state index is -3.34. The molecule has 7 heteroatoms. The Labute approximate surface area is 115 Å². The average Bonchev–Trinajstić information content (AvgIpc) is 2.58. The molecule has 0 saturated carbocycles. The molecule has 0 aliphatic heterocycles. The molecule has 17 heavy (non-hydrogen) atoms. The summed E-state index contributed by atoms with van der Waals surface area (Å²) in [6.07, 6.45) is 0.802.